The van der Waals surface area contributed by atoms with Gasteiger partial charge in [-0.05, 0) is 6.92 Å². The molecule has 0 saturated carbocycles. The van der Waals surface area contributed by atoms with Crippen molar-refractivity contribution in [3.8, 4) is 5.75 Å². The third kappa shape index (κ3) is 2.46. The Morgan fingerprint density at radius 1 is 1.47 bits per heavy atom. The van der Waals surface area contributed by atoms with Gasteiger partial charge in [0.2, 0.25) is 5.75 Å². The molecule has 15 heavy (non-hydrogen) atoms. The average Bonchev–Trinajstić information content (AvgIpc) is 2.17. The fraction of sp³-hybridized carbons (Fsp3) is 0.364. The number of hydrogen-bond acceptors (Lipinski definition) is 3. The molecule has 0 atom stereocenters. The molecule has 1 rings (SSSR count). The molecule has 0 amide bonds. The topological polar surface area (TPSA) is 52.4 Å². The number of nitro groups is 1. The minimum absolute atomic E-state index is 0.0237. The van der Waals surface area contributed by atoms with E-state index in [1.165, 1.54) is 6.07 Å². The quantitative estimate of drug-likeness (QED) is 0.564. The van der Waals surface area contributed by atoms with Gasteiger partial charge in [-0.25, -0.2) is 0 Å². The van der Waals surface area contributed by atoms with Crippen molar-refractivity contribution < 1.29 is 9.66 Å². The van der Waals surface area contributed by atoms with E-state index in [0.717, 1.165) is 11.5 Å². The van der Waals surface area contributed by atoms with Gasteiger partial charge in [-0.3, -0.25) is 10.1 Å². The summed E-state index contributed by atoms with van der Waals surface area (Å²) in [5.41, 5.74) is 0.821. The van der Waals surface area contributed by atoms with Crippen molar-refractivity contribution in [2.45, 2.75) is 20.8 Å². The van der Waals surface area contributed by atoms with Crippen molar-refractivity contribution in [2.24, 2.45) is 0 Å². The lowest BCUT2D eigenvalue weighted by Crippen LogP contribution is -2.02. The fourth-order valence-electron chi connectivity index (χ4n) is 1.36. The van der Waals surface area contributed by atoms with Crippen LogP contribution in [-0.2, 0) is 0 Å². The van der Waals surface area contributed by atoms with E-state index in [9.17, 15) is 10.1 Å². The number of ether oxygens (including phenoxy) is 1. The summed E-state index contributed by atoms with van der Waals surface area (Å²) in [5, 5.41) is 10.8. The van der Waals surface area contributed by atoms with E-state index in [0.29, 0.717) is 12.4 Å². The second-order valence-electron chi connectivity index (χ2n) is 3.34. The van der Waals surface area contributed by atoms with Gasteiger partial charge in [0.05, 0.1) is 11.5 Å². The first-order valence-corrected chi connectivity index (χ1v) is 4.78. The Morgan fingerprint density at radius 2 is 2.13 bits per heavy atom. The lowest BCUT2D eigenvalue weighted by atomic mass is 10.0. The number of nitrogens with zero attached hydrogens (tertiary/aromatic N) is 1. The summed E-state index contributed by atoms with van der Waals surface area (Å²) in [6.07, 6.45) is 0. The van der Waals surface area contributed by atoms with Crippen molar-refractivity contribution in [1.82, 2.24) is 0 Å². The van der Waals surface area contributed by atoms with E-state index in [-0.39, 0.29) is 5.69 Å². The zero-order valence-electron chi connectivity index (χ0n) is 9.11. The molecule has 1 radical (unpaired) electrons. The first-order valence-electron chi connectivity index (χ1n) is 4.78. The maximum absolute atomic E-state index is 10.8. The van der Waals surface area contributed by atoms with Crippen LogP contribution in [0.4, 0.5) is 5.69 Å². The van der Waals surface area contributed by atoms with Gasteiger partial charge >= 0.3 is 5.69 Å². The van der Waals surface area contributed by atoms with Crippen LogP contribution in [0, 0.1) is 16.0 Å². The Bertz CT molecular complexity index is 361. The maximum atomic E-state index is 10.8. The molecule has 1 aromatic carbocycles. The summed E-state index contributed by atoms with van der Waals surface area (Å²) in [6.45, 7) is 6.04. The molecule has 0 aliphatic rings. The van der Waals surface area contributed by atoms with Crippen molar-refractivity contribution in [1.29, 1.82) is 0 Å². The van der Waals surface area contributed by atoms with Crippen LogP contribution in [0.3, 0.4) is 0 Å². The molecule has 0 spiro atoms. The Morgan fingerprint density at radius 3 is 2.60 bits per heavy atom. The molecule has 4 nitrogen and oxygen atoms in total. The van der Waals surface area contributed by atoms with Crippen molar-refractivity contribution in [2.75, 3.05) is 6.61 Å². The molecule has 1 aromatic rings. The lowest BCUT2D eigenvalue weighted by molar-refractivity contribution is -0.385. The van der Waals surface area contributed by atoms with Crippen LogP contribution in [0.5, 0.6) is 5.75 Å². The minimum Gasteiger partial charge on any atom is -0.487 e. The molecule has 0 aromatic heterocycles. The number of rotatable bonds is 4. The summed E-state index contributed by atoms with van der Waals surface area (Å²) in [4.78, 5) is 10.4. The smallest absolute Gasteiger partial charge is 0.311 e. The highest BCUT2D eigenvalue weighted by Crippen LogP contribution is 2.34. The van der Waals surface area contributed by atoms with E-state index in [2.05, 4.69) is 0 Å². The maximum Gasteiger partial charge on any atom is 0.311 e. The minimum atomic E-state index is -0.419. The second-order valence-corrected chi connectivity index (χ2v) is 3.34. The number of hydrogen-bond donors (Lipinski definition) is 0. The van der Waals surface area contributed by atoms with Gasteiger partial charge in [0.15, 0.2) is 0 Å². The zero-order valence-corrected chi connectivity index (χ0v) is 9.11. The molecule has 81 valence electrons. The van der Waals surface area contributed by atoms with Gasteiger partial charge < -0.3 is 4.74 Å². The molecular weight excluding hydrogens is 194 g/mol. The highest BCUT2D eigenvalue weighted by molar-refractivity contribution is 5.55. The Kier molecular flexibility index (Phi) is 3.66. The van der Waals surface area contributed by atoms with Crippen LogP contribution >= 0.6 is 0 Å². The Labute approximate surface area is 89.0 Å². The second kappa shape index (κ2) is 4.77. The Balaban J connectivity index is 3.28. The summed E-state index contributed by atoms with van der Waals surface area (Å²) in [7, 11) is 0. The monoisotopic (exact) mass is 208 g/mol. The largest absolute Gasteiger partial charge is 0.487 e. The predicted molar refractivity (Wildman–Crippen MR) is 58.0 cm³/mol. The number of benzene rings is 1. The third-order valence-electron chi connectivity index (χ3n) is 2.02. The van der Waals surface area contributed by atoms with E-state index < -0.39 is 4.92 Å². The molecule has 0 aliphatic heterocycles. The normalized spacial score (nSPS) is 10.4. The van der Waals surface area contributed by atoms with Crippen LogP contribution in [0.2, 0.25) is 0 Å². The van der Waals surface area contributed by atoms with E-state index in [1.54, 1.807) is 6.07 Å². The van der Waals surface area contributed by atoms with Crippen LogP contribution in [0.25, 0.3) is 0 Å². The molecule has 4 heteroatoms. The van der Waals surface area contributed by atoms with E-state index in [4.69, 9.17) is 4.74 Å². The number of para-hydroxylation sites is 1. The SMILES string of the molecule is CCOc1c([C](C)C)cccc1[N+](=O)[O-]. The van der Waals surface area contributed by atoms with Crippen LogP contribution < -0.4 is 4.74 Å². The lowest BCUT2D eigenvalue weighted by Gasteiger charge is -2.12. The van der Waals surface area contributed by atoms with Gasteiger partial charge in [-0.15, -0.1) is 0 Å². The van der Waals surface area contributed by atoms with Gasteiger partial charge in [0.25, 0.3) is 0 Å². The van der Waals surface area contributed by atoms with Crippen molar-refractivity contribution in [3.05, 3.63) is 39.8 Å². The van der Waals surface area contributed by atoms with Gasteiger partial charge in [0.1, 0.15) is 0 Å². The predicted octanol–water partition coefficient (Wildman–Crippen LogP) is 2.96. The van der Waals surface area contributed by atoms with Gasteiger partial charge in [-0.2, -0.15) is 0 Å². The highest BCUT2D eigenvalue weighted by Gasteiger charge is 2.20. The summed E-state index contributed by atoms with van der Waals surface area (Å²) >= 11 is 0. The molecule has 0 heterocycles. The van der Waals surface area contributed by atoms with Gasteiger partial charge in [-0.1, -0.05) is 26.0 Å². The molecule has 0 unspecified atom stereocenters. The van der Waals surface area contributed by atoms with Crippen molar-refractivity contribution in [3.63, 3.8) is 0 Å². The van der Waals surface area contributed by atoms with Crippen LogP contribution in [-0.4, -0.2) is 11.5 Å². The average molecular weight is 208 g/mol. The third-order valence-corrected chi connectivity index (χ3v) is 2.02. The fourth-order valence-corrected chi connectivity index (χ4v) is 1.36. The van der Waals surface area contributed by atoms with Crippen LogP contribution in [0.1, 0.15) is 26.3 Å². The molecule has 0 aliphatic carbocycles. The van der Waals surface area contributed by atoms with Crippen molar-refractivity contribution >= 4 is 5.69 Å². The molecule has 0 bridgehead atoms. The van der Waals surface area contributed by atoms with Crippen LogP contribution in [0.15, 0.2) is 18.2 Å². The first kappa shape index (κ1) is 11.5. The molecule has 0 N–H and O–H groups in total. The first-order chi connectivity index (χ1) is 7.07. The summed E-state index contributed by atoms with van der Waals surface area (Å²) < 4.78 is 5.33. The summed E-state index contributed by atoms with van der Waals surface area (Å²) in [5.74, 6) is 1.37. The van der Waals surface area contributed by atoms with E-state index in [1.807, 2.05) is 26.8 Å². The summed E-state index contributed by atoms with van der Waals surface area (Å²) in [6, 6.07) is 4.95. The molecular formula is C11H14NO3. The standard InChI is InChI=1S/C11H14NO3/c1-4-15-11-9(8(2)3)6-5-7-10(11)12(13)14/h5-7H,4H2,1-3H3. The molecule has 0 saturated heterocycles. The molecule has 0 fully saturated rings. The van der Waals surface area contributed by atoms with Gasteiger partial charge in [0, 0.05) is 17.5 Å². The van der Waals surface area contributed by atoms with E-state index >= 15 is 0 Å². The Hall–Kier alpha value is -1.58. The zero-order chi connectivity index (χ0) is 11.4. The number of nitro benzene ring substituents is 1. The highest BCUT2D eigenvalue weighted by atomic mass is 16.6.